The Bertz CT molecular complexity index is 808. The van der Waals surface area contributed by atoms with Gasteiger partial charge in [0, 0.05) is 12.2 Å². The van der Waals surface area contributed by atoms with Gasteiger partial charge in [0.25, 0.3) is 10.0 Å². The van der Waals surface area contributed by atoms with Crippen LogP contribution >= 0.6 is 0 Å². The number of nitriles is 1. The molecule has 0 heterocycles. The van der Waals surface area contributed by atoms with Crippen molar-refractivity contribution in [1.82, 2.24) is 0 Å². The van der Waals surface area contributed by atoms with Crippen molar-refractivity contribution in [2.45, 2.75) is 18.4 Å². The third kappa shape index (κ3) is 3.40. The van der Waals surface area contributed by atoms with E-state index in [-0.39, 0.29) is 4.90 Å². The summed E-state index contributed by atoms with van der Waals surface area (Å²) in [6.07, 6.45) is 0. The molecule has 0 radical (unpaired) electrons. The van der Waals surface area contributed by atoms with Gasteiger partial charge in [-0.05, 0) is 48.4 Å². The average molecular weight is 301 g/mol. The highest BCUT2D eigenvalue weighted by molar-refractivity contribution is 7.92. The van der Waals surface area contributed by atoms with Crippen molar-refractivity contribution < 1.29 is 8.42 Å². The van der Waals surface area contributed by atoms with Crippen LogP contribution in [0.3, 0.4) is 0 Å². The molecule has 0 fully saturated rings. The maximum atomic E-state index is 12.4. The van der Waals surface area contributed by atoms with Gasteiger partial charge in [-0.2, -0.15) is 5.26 Å². The van der Waals surface area contributed by atoms with E-state index in [9.17, 15) is 8.42 Å². The Balaban J connectivity index is 2.36. The molecule has 3 N–H and O–H groups in total. The number of hydrogen-bond acceptors (Lipinski definition) is 4. The molecule has 0 saturated carbocycles. The zero-order chi connectivity index (χ0) is 15.5. The third-order valence-electron chi connectivity index (χ3n) is 3.01. The quantitative estimate of drug-likeness (QED) is 0.904. The van der Waals surface area contributed by atoms with E-state index >= 15 is 0 Å². The number of aryl methyl sites for hydroxylation is 1. The first-order valence-electron chi connectivity index (χ1n) is 6.29. The predicted molar refractivity (Wildman–Crippen MR) is 81.0 cm³/mol. The fourth-order valence-corrected chi connectivity index (χ4v) is 3.27. The van der Waals surface area contributed by atoms with Gasteiger partial charge in [0.15, 0.2) is 0 Å². The summed E-state index contributed by atoms with van der Waals surface area (Å²) < 4.78 is 27.3. The van der Waals surface area contributed by atoms with Crippen LogP contribution in [0.2, 0.25) is 0 Å². The molecule has 21 heavy (non-hydrogen) atoms. The van der Waals surface area contributed by atoms with Crippen LogP contribution < -0.4 is 10.5 Å². The van der Waals surface area contributed by atoms with Crippen LogP contribution in [0.5, 0.6) is 0 Å². The molecule has 0 aromatic heterocycles. The van der Waals surface area contributed by atoms with E-state index in [0.29, 0.717) is 23.4 Å². The lowest BCUT2D eigenvalue weighted by molar-refractivity contribution is 0.600. The first-order chi connectivity index (χ1) is 9.96. The smallest absolute Gasteiger partial charge is 0.262 e. The summed E-state index contributed by atoms with van der Waals surface area (Å²) >= 11 is 0. The number of hydrogen-bond donors (Lipinski definition) is 2. The van der Waals surface area contributed by atoms with Crippen LogP contribution in [0.4, 0.5) is 5.69 Å². The van der Waals surface area contributed by atoms with Crippen LogP contribution in [0.25, 0.3) is 0 Å². The van der Waals surface area contributed by atoms with Gasteiger partial charge in [-0.3, -0.25) is 4.72 Å². The zero-order valence-corrected chi connectivity index (χ0v) is 12.3. The van der Waals surface area contributed by atoms with Gasteiger partial charge in [0.2, 0.25) is 0 Å². The summed E-state index contributed by atoms with van der Waals surface area (Å²) in [7, 11) is -3.69. The number of sulfonamides is 1. The van der Waals surface area contributed by atoms with Crippen molar-refractivity contribution in [2.75, 3.05) is 4.72 Å². The molecule has 108 valence electrons. The molecule has 2 aromatic rings. The Morgan fingerprint density at radius 1 is 1.24 bits per heavy atom. The minimum Gasteiger partial charge on any atom is -0.326 e. The minimum atomic E-state index is -3.69. The SMILES string of the molecule is Cc1cc(C#N)ccc1S(=O)(=O)Nc1cccc(CN)c1. The highest BCUT2D eigenvalue weighted by Gasteiger charge is 2.17. The Hall–Kier alpha value is -2.36. The van der Waals surface area contributed by atoms with Crippen LogP contribution in [0, 0.1) is 18.3 Å². The lowest BCUT2D eigenvalue weighted by atomic mass is 10.2. The summed E-state index contributed by atoms with van der Waals surface area (Å²) in [6, 6.07) is 13.4. The molecule has 0 aliphatic rings. The molecule has 0 unspecified atom stereocenters. The number of anilines is 1. The highest BCUT2D eigenvalue weighted by Crippen LogP contribution is 2.21. The minimum absolute atomic E-state index is 0.152. The van der Waals surface area contributed by atoms with Crippen molar-refractivity contribution in [2.24, 2.45) is 5.73 Å². The molecule has 5 nitrogen and oxygen atoms in total. The monoisotopic (exact) mass is 301 g/mol. The first kappa shape index (κ1) is 15.0. The van der Waals surface area contributed by atoms with Crippen LogP contribution in [-0.2, 0) is 16.6 Å². The normalized spacial score (nSPS) is 10.9. The molecule has 2 aromatic carbocycles. The average Bonchev–Trinajstić information content (AvgIpc) is 2.46. The first-order valence-corrected chi connectivity index (χ1v) is 7.77. The summed E-state index contributed by atoms with van der Waals surface area (Å²) in [5.74, 6) is 0. The largest absolute Gasteiger partial charge is 0.326 e. The van der Waals surface area contributed by atoms with Crippen molar-refractivity contribution in [1.29, 1.82) is 5.26 Å². The van der Waals surface area contributed by atoms with E-state index in [2.05, 4.69) is 4.72 Å². The maximum absolute atomic E-state index is 12.4. The zero-order valence-electron chi connectivity index (χ0n) is 11.5. The fourth-order valence-electron chi connectivity index (χ4n) is 1.99. The van der Waals surface area contributed by atoms with Crippen molar-refractivity contribution in [3.8, 4) is 6.07 Å². The van der Waals surface area contributed by atoms with Crippen LogP contribution in [-0.4, -0.2) is 8.42 Å². The lowest BCUT2D eigenvalue weighted by Crippen LogP contribution is -2.14. The van der Waals surface area contributed by atoms with E-state index in [4.69, 9.17) is 11.0 Å². The Morgan fingerprint density at radius 3 is 2.62 bits per heavy atom. The van der Waals surface area contributed by atoms with E-state index in [1.807, 2.05) is 12.1 Å². The van der Waals surface area contributed by atoms with Crippen LogP contribution in [0.1, 0.15) is 16.7 Å². The van der Waals surface area contributed by atoms with E-state index in [1.54, 1.807) is 31.2 Å². The van der Waals surface area contributed by atoms with Gasteiger partial charge in [0.1, 0.15) is 0 Å². The van der Waals surface area contributed by atoms with Crippen molar-refractivity contribution in [3.05, 3.63) is 59.2 Å². The number of benzene rings is 2. The summed E-state index contributed by atoms with van der Waals surface area (Å²) in [4.78, 5) is 0.152. The lowest BCUT2D eigenvalue weighted by Gasteiger charge is -2.11. The molecule has 6 heteroatoms. The molecular weight excluding hydrogens is 286 g/mol. The maximum Gasteiger partial charge on any atom is 0.262 e. The molecular formula is C15H15N3O2S. The molecule has 0 atom stereocenters. The second-order valence-electron chi connectivity index (χ2n) is 4.60. The highest BCUT2D eigenvalue weighted by atomic mass is 32.2. The second kappa shape index (κ2) is 5.95. The summed E-state index contributed by atoms with van der Waals surface area (Å²) in [5, 5.41) is 8.82. The molecule has 0 saturated heterocycles. The number of rotatable bonds is 4. The van der Waals surface area contributed by atoms with E-state index < -0.39 is 10.0 Å². The van der Waals surface area contributed by atoms with Gasteiger partial charge in [-0.15, -0.1) is 0 Å². The van der Waals surface area contributed by atoms with Crippen LogP contribution in [0.15, 0.2) is 47.4 Å². The molecule has 0 amide bonds. The number of nitrogens with zero attached hydrogens (tertiary/aromatic N) is 1. The summed E-state index contributed by atoms with van der Waals surface area (Å²) in [6.45, 7) is 2.00. The number of nitrogens with one attached hydrogen (secondary N) is 1. The van der Waals surface area contributed by atoms with Gasteiger partial charge in [-0.25, -0.2) is 8.42 Å². The Labute approximate surface area is 124 Å². The molecule has 2 rings (SSSR count). The molecule has 0 aliphatic heterocycles. The Kier molecular flexibility index (Phi) is 4.26. The molecule has 0 spiro atoms. The fraction of sp³-hybridized carbons (Fsp3) is 0.133. The van der Waals surface area contributed by atoms with Gasteiger partial charge < -0.3 is 5.73 Å². The number of nitrogens with two attached hydrogens (primary N) is 1. The van der Waals surface area contributed by atoms with Crippen molar-refractivity contribution in [3.63, 3.8) is 0 Å². The topological polar surface area (TPSA) is 96.0 Å². The van der Waals surface area contributed by atoms with Gasteiger partial charge >= 0.3 is 0 Å². The molecule has 0 bridgehead atoms. The van der Waals surface area contributed by atoms with Crippen molar-refractivity contribution >= 4 is 15.7 Å². The van der Waals surface area contributed by atoms with E-state index in [1.165, 1.54) is 12.1 Å². The standard InChI is InChI=1S/C15H15N3O2S/c1-11-7-13(10-17)5-6-15(11)21(19,20)18-14-4-2-3-12(8-14)9-16/h2-8,18H,9,16H2,1H3. The van der Waals surface area contributed by atoms with Gasteiger partial charge in [-0.1, -0.05) is 12.1 Å². The van der Waals surface area contributed by atoms with E-state index in [0.717, 1.165) is 5.56 Å². The molecule has 0 aliphatic carbocycles. The predicted octanol–water partition coefficient (Wildman–Crippen LogP) is 2.13. The van der Waals surface area contributed by atoms with Gasteiger partial charge in [0.05, 0.1) is 16.5 Å². The Morgan fingerprint density at radius 2 is 2.00 bits per heavy atom. The second-order valence-corrected chi connectivity index (χ2v) is 6.25. The third-order valence-corrected chi connectivity index (χ3v) is 4.55. The summed E-state index contributed by atoms with van der Waals surface area (Å²) in [5.41, 5.74) is 7.79.